The van der Waals surface area contributed by atoms with E-state index in [4.69, 9.17) is 11.6 Å². The molecule has 3 rings (SSSR count). The molecule has 4 heteroatoms. The molecule has 0 aliphatic rings. The molecule has 0 aliphatic heterocycles. The minimum absolute atomic E-state index is 0.457. The van der Waals surface area contributed by atoms with Crippen LogP contribution in [0.15, 0.2) is 55.0 Å². The fourth-order valence-corrected chi connectivity index (χ4v) is 2.07. The van der Waals surface area contributed by atoms with Crippen molar-refractivity contribution in [2.45, 2.75) is 0 Å². The van der Waals surface area contributed by atoms with Gasteiger partial charge in [-0.15, -0.1) is 0 Å². The lowest BCUT2D eigenvalue weighted by Crippen LogP contribution is -1.93. The molecule has 3 aromatic rings. The molecule has 1 aromatic carbocycles. The first-order valence-corrected chi connectivity index (χ1v) is 5.85. The fraction of sp³-hybridized carbons (Fsp3) is 0. The van der Waals surface area contributed by atoms with Crippen molar-refractivity contribution in [3.63, 3.8) is 0 Å². The standard InChI is InChI=1S/C14H9ClN2O/c15-14(18)11-6-8-17(9-11)12-5-1-3-10-4-2-7-16-13(10)12/h1-9H. The second-order valence-corrected chi connectivity index (χ2v) is 4.28. The van der Waals surface area contributed by atoms with Crippen molar-refractivity contribution < 1.29 is 4.79 Å². The molecule has 0 atom stereocenters. The van der Waals surface area contributed by atoms with Gasteiger partial charge in [-0.2, -0.15) is 0 Å². The van der Waals surface area contributed by atoms with Gasteiger partial charge in [0.05, 0.1) is 16.8 Å². The van der Waals surface area contributed by atoms with Crippen LogP contribution in [0.2, 0.25) is 0 Å². The summed E-state index contributed by atoms with van der Waals surface area (Å²) in [5.41, 5.74) is 2.30. The zero-order chi connectivity index (χ0) is 12.5. The Balaban J connectivity index is 2.21. The van der Waals surface area contributed by atoms with E-state index in [0.29, 0.717) is 5.56 Å². The summed E-state index contributed by atoms with van der Waals surface area (Å²) in [4.78, 5) is 15.5. The Morgan fingerprint density at radius 3 is 2.78 bits per heavy atom. The molecule has 2 heterocycles. The highest BCUT2D eigenvalue weighted by Gasteiger charge is 2.07. The quantitative estimate of drug-likeness (QED) is 0.659. The molecule has 0 aliphatic carbocycles. The van der Waals surface area contributed by atoms with Gasteiger partial charge in [0.1, 0.15) is 0 Å². The first kappa shape index (κ1) is 11.0. The first-order valence-electron chi connectivity index (χ1n) is 5.47. The van der Waals surface area contributed by atoms with Crippen molar-refractivity contribution in [3.05, 3.63) is 60.6 Å². The summed E-state index contributed by atoms with van der Waals surface area (Å²) in [6.07, 6.45) is 5.26. The highest BCUT2D eigenvalue weighted by atomic mass is 35.5. The van der Waals surface area contributed by atoms with Crippen molar-refractivity contribution in [1.82, 2.24) is 9.55 Å². The molecule has 0 radical (unpaired) electrons. The largest absolute Gasteiger partial charge is 0.321 e. The Hall–Kier alpha value is -2.13. The SMILES string of the molecule is O=C(Cl)c1ccn(-c2cccc3cccnc23)c1. The van der Waals surface area contributed by atoms with Gasteiger partial charge in [-0.05, 0) is 29.8 Å². The van der Waals surface area contributed by atoms with E-state index in [1.807, 2.05) is 34.9 Å². The number of aromatic nitrogens is 2. The van der Waals surface area contributed by atoms with Crippen LogP contribution >= 0.6 is 11.6 Å². The number of hydrogen-bond acceptors (Lipinski definition) is 2. The predicted octanol–water partition coefficient (Wildman–Crippen LogP) is 3.40. The van der Waals surface area contributed by atoms with Gasteiger partial charge in [0.15, 0.2) is 0 Å². The smallest absolute Gasteiger partial charge is 0.253 e. The summed E-state index contributed by atoms with van der Waals surface area (Å²) in [5.74, 6) is 0. The van der Waals surface area contributed by atoms with Gasteiger partial charge in [0.25, 0.3) is 5.24 Å². The first-order chi connectivity index (χ1) is 8.75. The summed E-state index contributed by atoms with van der Waals surface area (Å²) in [6.45, 7) is 0. The molecule has 0 spiro atoms. The van der Waals surface area contributed by atoms with Crippen molar-refractivity contribution in [1.29, 1.82) is 0 Å². The molecule has 0 amide bonds. The van der Waals surface area contributed by atoms with E-state index in [1.54, 1.807) is 24.7 Å². The van der Waals surface area contributed by atoms with Crippen LogP contribution in [0.25, 0.3) is 16.6 Å². The molecule has 2 aromatic heterocycles. The lowest BCUT2D eigenvalue weighted by atomic mass is 10.2. The predicted molar refractivity (Wildman–Crippen MR) is 71.3 cm³/mol. The van der Waals surface area contributed by atoms with E-state index in [1.165, 1.54) is 0 Å². The Bertz CT molecular complexity index is 728. The van der Waals surface area contributed by atoms with Gasteiger partial charge in [0.2, 0.25) is 0 Å². The van der Waals surface area contributed by atoms with E-state index in [-0.39, 0.29) is 0 Å². The van der Waals surface area contributed by atoms with Crippen molar-refractivity contribution >= 4 is 27.7 Å². The fourth-order valence-electron chi connectivity index (χ4n) is 1.96. The summed E-state index contributed by atoms with van der Waals surface area (Å²) in [7, 11) is 0. The van der Waals surface area contributed by atoms with Crippen LogP contribution < -0.4 is 0 Å². The number of carbonyl (C=O) groups excluding carboxylic acids is 1. The Morgan fingerprint density at radius 2 is 2.00 bits per heavy atom. The normalized spacial score (nSPS) is 10.7. The van der Waals surface area contributed by atoms with Crippen LogP contribution in [0.4, 0.5) is 0 Å². The summed E-state index contributed by atoms with van der Waals surface area (Å²) in [5, 5.41) is 0.601. The van der Waals surface area contributed by atoms with Crippen molar-refractivity contribution in [2.75, 3.05) is 0 Å². The highest BCUT2D eigenvalue weighted by molar-refractivity contribution is 6.67. The zero-order valence-corrected chi connectivity index (χ0v) is 10.1. The molecule has 0 saturated heterocycles. The number of nitrogens with zero attached hydrogens (tertiary/aromatic N) is 2. The monoisotopic (exact) mass is 256 g/mol. The van der Waals surface area contributed by atoms with E-state index >= 15 is 0 Å². The van der Waals surface area contributed by atoms with Gasteiger partial charge >= 0.3 is 0 Å². The van der Waals surface area contributed by atoms with Gasteiger partial charge < -0.3 is 4.57 Å². The van der Waals surface area contributed by atoms with Crippen molar-refractivity contribution in [2.24, 2.45) is 0 Å². The second-order valence-electron chi connectivity index (χ2n) is 3.93. The average Bonchev–Trinajstić information content (AvgIpc) is 2.87. The average molecular weight is 257 g/mol. The number of pyridine rings is 1. The molecule has 0 bridgehead atoms. The maximum atomic E-state index is 11.1. The van der Waals surface area contributed by atoms with E-state index in [9.17, 15) is 4.79 Å². The number of fused-ring (bicyclic) bond motifs is 1. The van der Waals surface area contributed by atoms with Gasteiger partial charge in [0, 0.05) is 24.0 Å². The van der Waals surface area contributed by atoms with Gasteiger partial charge in [-0.1, -0.05) is 18.2 Å². The number of halogens is 1. The Morgan fingerprint density at radius 1 is 1.17 bits per heavy atom. The second kappa shape index (κ2) is 4.27. The van der Waals surface area contributed by atoms with Gasteiger partial charge in [-0.3, -0.25) is 9.78 Å². The molecular formula is C14H9ClN2O. The van der Waals surface area contributed by atoms with Crippen LogP contribution in [-0.4, -0.2) is 14.8 Å². The van der Waals surface area contributed by atoms with E-state index < -0.39 is 5.24 Å². The molecule has 0 saturated carbocycles. The maximum Gasteiger partial charge on any atom is 0.253 e. The molecule has 3 nitrogen and oxygen atoms in total. The molecular weight excluding hydrogens is 248 g/mol. The van der Waals surface area contributed by atoms with Crippen LogP contribution in [0.5, 0.6) is 0 Å². The van der Waals surface area contributed by atoms with Crippen molar-refractivity contribution in [3.8, 4) is 5.69 Å². The van der Waals surface area contributed by atoms with Crippen LogP contribution in [0.1, 0.15) is 10.4 Å². The van der Waals surface area contributed by atoms with Crippen LogP contribution in [0.3, 0.4) is 0 Å². The van der Waals surface area contributed by atoms with Crippen LogP contribution in [-0.2, 0) is 0 Å². The lowest BCUT2D eigenvalue weighted by molar-refractivity contribution is 0.108. The molecule has 18 heavy (non-hydrogen) atoms. The topological polar surface area (TPSA) is 34.9 Å². The molecule has 0 N–H and O–H groups in total. The number of carbonyl (C=O) groups is 1. The number of benzene rings is 1. The Labute approximate surface area is 109 Å². The summed E-state index contributed by atoms with van der Waals surface area (Å²) >= 11 is 5.45. The Kier molecular flexibility index (Phi) is 2.61. The minimum atomic E-state index is -0.457. The number of hydrogen-bond donors (Lipinski definition) is 0. The van der Waals surface area contributed by atoms with Gasteiger partial charge in [-0.25, -0.2) is 0 Å². The minimum Gasteiger partial charge on any atom is -0.321 e. The third kappa shape index (κ3) is 1.79. The molecule has 88 valence electrons. The summed E-state index contributed by atoms with van der Waals surface area (Å²) in [6, 6.07) is 11.5. The highest BCUT2D eigenvalue weighted by Crippen LogP contribution is 2.21. The van der Waals surface area contributed by atoms with Crippen LogP contribution in [0, 0.1) is 0 Å². The number of para-hydroxylation sites is 1. The number of rotatable bonds is 2. The maximum absolute atomic E-state index is 11.1. The molecule has 0 unspecified atom stereocenters. The third-order valence-electron chi connectivity index (χ3n) is 2.81. The lowest BCUT2D eigenvalue weighted by Gasteiger charge is -2.06. The molecule has 0 fully saturated rings. The van der Waals surface area contributed by atoms with E-state index in [2.05, 4.69) is 4.98 Å². The summed E-state index contributed by atoms with van der Waals surface area (Å²) < 4.78 is 1.85. The third-order valence-corrected chi connectivity index (χ3v) is 3.03. The van der Waals surface area contributed by atoms with E-state index in [0.717, 1.165) is 16.6 Å². The zero-order valence-electron chi connectivity index (χ0n) is 9.38.